The molecule has 1 aromatic rings. The van der Waals surface area contributed by atoms with Gasteiger partial charge in [-0.05, 0) is 46.3 Å². The molecule has 1 heterocycles. The summed E-state index contributed by atoms with van der Waals surface area (Å²) in [4.78, 5) is 9.04. The fourth-order valence-corrected chi connectivity index (χ4v) is 2.80. The van der Waals surface area contributed by atoms with Gasteiger partial charge in [0.25, 0.3) is 0 Å². The van der Waals surface area contributed by atoms with Crippen LogP contribution in [0.4, 0.5) is 11.4 Å². The Morgan fingerprint density at radius 1 is 1.26 bits per heavy atom. The van der Waals surface area contributed by atoms with E-state index in [0.29, 0.717) is 5.54 Å². The van der Waals surface area contributed by atoms with E-state index in [1.165, 1.54) is 24.9 Å². The third kappa shape index (κ3) is 3.00. The van der Waals surface area contributed by atoms with Gasteiger partial charge in [-0.3, -0.25) is 4.98 Å². The van der Waals surface area contributed by atoms with E-state index in [1.807, 2.05) is 12.4 Å². The number of hydrogen-bond donors (Lipinski definition) is 1. The molecule has 1 aromatic heterocycles. The molecule has 1 fully saturated rings. The highest BCUT2D eigenvalue weighted by molar-refractivity contribution is 5.55. The lowest BCUT2D eigenvalue weighted by Gasteiger charge is -2.49. The highest BCUT2D eigenvalue weighted by Crippen LogP contribution is 2.37. The van der Waals surface area contributed by atoms with Crippen LogP contribution in [0.2, 0.25) is 0 Å². The molecule has 0 unspecified atom stereocenters. The fraction of sp³-hybridized carbons (Fsp3) is 0.667. The fourth-order valence-electron chi connectivity index (χ4n) is 2.80. The van der Waals surface area contributed by atoms with E-state index in [0.717, 1.165) is 18.8 Å². The zero-order valence-electron chi connectivity index (χ0n) is 12.6. The standard InChI is InChI=1S/C15H26N4/c1-5-17-13-9-14(11-16-10-13)19(4)12-15(18(2)3)7-6-8-15/h9-11,17H,5-8,12H2,1-4H3. The van der Waals surface area contributed by atoms with E-state index in [2.05, 4.69) is 54.2 Å². The number of nitrogens with zero attached hydrogens (tertiary/aromatic N) is 3. The minimum absolute atomic E-state index is 0.350. The maximum atomic E-state index is 4.33. The van der Waals surface area contributed by atoms with Crippen LogP contribution in [0.25, 0.3) is 0 Å². The van der Waals surface area contributed by atoms with Crippen molar-refractivity contribution in [3.8, 4) is 0 Å². The third-order valence-corrected chi connectivity index (χ3v) is 4.31. The smallest absolute Gasteiger partial charge is 0.0571 e. The van der Waals surface area contributed by atoms with Crippen LogP contribution in [0, 0.1) is 0 Å². The number of rotatable bonds is 6. The molecule has 0 atom stereocenters. The van der Waals surface area contributed by atoms with Crippen molar-refractivity contribution in [1.82, 2.24) is 9.88 Å². The average Bonchev–Trinajstić information content (AvgIpc) is 2.34. The molecule has 0 aromatic carbocycles. The Morgan fingerprint density at radius 3 is 2.53 bits per heavy atom. The molecule has 1 aliphatic carbocycles. The molecule has 0 aliphatic heterocycles. The molecule has 106 valence electrons. The molecule has 1 aliphatic rings. The van der Waals surface area contributed by atoms with Crippen molar-refractivity contribution in [2.75, 3.05) is 44.4 Å². The molecule has 19 heavy (non-hydrogen) atoms. The SMILES string of the molecule is CCNc1cncc(N(C)CC2(N(C)C)CCC2)c1. The van der Waals surface area contributed by atoms with Gasteiger partial charge in [0.05, 0.1) is 23.8 Å². The Morgan fingerprint density at radius 2 is 2.00 bits per heavy atom. The maximum absolute atomic E-state index is 4.33. The average molecular weight is 262 g/mol. The zero-order valence-corrected chi connectivity index (χ0v) is 12.6. The van der Waals surface area contributed by atoms with E-state index in [1.54, 1.807) is 0 Å². The second-order valence-corrected chi connectivity index (χ2v) is 5.79. The first-order valence-electron chi connectivity index (χ1n) is 7.15. The van der Waals surface area contributed by atoms with Gasteiger partial charge in [0, 0.05) is 25.7 Å². The van der Waals surface area contributed by atoms with Crippen LogP contribution in [0.5, 0.6) is 0 Å². The van der Waals surface area contributed by atoms with Gasteiger partial charge in [0.15, 0.2) is 0 Å². The molecule has 2 rings (SSSR count). The lowest BCUT2D eigenvalue weighted by atomic mass is 9.75. The summed E-state index contributed by atoms with van der Waals surface area (Å²) in [6.45, 7) is 4.10. The molecule has 4 nitrogen and oxygen atoms in total. The van der Waals surface area contributed by atoms with Crippen LogP contribution in [0.15, 0.2) is 18.5 Å². The number of anilines is 2. The first-order chi connectivity index (χ1) is 9.07. The Bertz CT molecular complexity index is 412. The number of nitrogens with one attached hydrogen (secondary N) is 1. The highest BCUT2D eigenvalue weighted by Gasteiger charge is 2.39. The number of hydrogen-bond acceptors (Lipinski definition) is 4. The van der Waals surface area contributed by atoms with Gasteiger partial charge in [-0.15, -0.1) is 0 Å². The molecule has 1 saturated carbocycles. The molecule has 0 spiro atoms. The Balaban J connectivity index is 2.06. The Labute approximate surface area is 116 Å². The van der Waals surface area contributed by atoms with Crippen LogP contribution >= 0.6 is 0 Å². The lowest BCUT2D eigenvalue weighted by Crippen LogP contribution is -2.56. The van der Waals surface area contributed by atoms with Gasteiger partial charge >= 0.3 is 0 Å². The van der Waals surface area contributed by atoms with Crippen LogP contribution in [0.3, 0.4) is 0 Å². The monoisotopic (exact) mass is 262 g/mol. The minimum atomic E-state index is 0.350. The summed E-state index contributed by atoms with van der Waals surface area (Å²) in [5.41, 5.74) is 2.63. The largest absolute Gasteiger partial charge is 0.384 e. The number of pyridine rings is 1. The van der Waals surface area contributed by atoms with Crippen molar-refractivity contribution in [3.05, 3.63) is 18.5 Å². The summed E-state index contributed by atoms with van der Waals surface area (Å²) in [5, 5.41) is 3.32. The summed E-state index contributed by atoms with van der Waals surface area (Å²) < 4.78 is 0. The molecule has 0 amide bonds. The van der Waals surface area contributed by atoms with Gasteiger partial charge in [-0.25, -0.2) is 0 Å². The summed E-state index contributed by atoms with van der Waals surface area (Å²) >= 11 is 0. The van der Waals surface area contributed by atoms with Crippen molar-refractivity contribution in [2.45, 2.75) is 31.7 Å². The van der Waals surface area contributed by atoms with Gasteiger partial charge in [0.1, 0.15) is 0 Å². The van der Waals surface area contributed by atoms with Crippen LogP contribution in [-0.2, 0) is 0 Å². The van der Waals surface area contributed by atoms with Crippen molar-refractivity contribution >= 4 is 11.4 Å². The van der Waals surface area contributed by atoms with Gasteiger partial charge in [0.2, 0.25) is 0 Å². The van der Waals surface area contributed by atoms with Gasteiger partial charge in [-0.1, -0.05) is 0 Å². The molecular formula is C15H26N4. The van der Waals surface area contributed by atoms with Crippen LogP contribution in [-0.4, -0.2) is 49.7 Å². The molecule has 1 N–H and O–H groups in total. The topological polar surface area (TPSA) is 31.4 Å². The quantitative estimate of drug-likeness (QED) is 0.853. The molecule has 0 saturated heterocycles. The first-order valence-corrected chi connectivity index (χ1v) is 7.15. The van der Waals surface area contributed by atoms with E-state index in [-0.39, 0.29) is 0 Å². The Hall–Kier alpha value is -1.29. The van der Waals surface area contributed by atoms with E-state index in [4.69, 9.17) is 0 Å². The lowest BCUT2D eigenvalue weighted by molar-refractivity contribution is 0.0683. The van der Waals surface area contributed by atoms with Gasteiger partial charge < -0.3 is 15.1 Å². The van der Waals surface area contributed by atoms with Crippen LogP contribution in [0.1, 0.15) is 26.2 Å². The minimum Gasteiger partial charge on any atom is -0.384 e. The first kappa shape index (κ1) is 14.1. The second-order valence-electron chi connectivity index (χ2n) is 5.79. The van der Waals surface area contributed by atoms with E-state index >= 15 is 0 Å². The normalized spacial score (nSPS) is 17.1. The van der Waals surface area contributed by atoms with Gasteiger partial charge in [-0.2, -0.15) is 0 Å². The zero-order chi connectivity index (χ0) is 13.9. The predicted octanol–water partition coefficient (Wildman–Crippen LogP) is 2.43. The maximum Gasteiger partial charge on any atom is 0.0571 e. The van der Waals surface area contributed by atoms with Crippen molar-refractivity contribution < 1.29 is 0 Å². The van der Waals surface area contributed by atoms with Crippen molar-refractivity contribution in [2.24, 2.45) is 0 Å². The van der Waals surface area contributed by atoms with E-state index in [9.17, 15) is 0 Å². The summed E-state index contributed by atoms with van der Waals surface area (Å²) in [5.74, 6) is 0. The molecule has 4 heteroatoms. The summed E-state index contributed by atoms with van der Waals surface area (Å²) in [7, 11) is 6.55. The predicted molar refractivity (Wildman–Crippen MR) is 81.9 cm³/mol. The molecule has 0 radical (unpaired) electrons. The number of aromatic nitrogens is 1. The third-order valence-electron chi connectivity index (χ3n) is 4.31. The second kappa shape index (κ2) is 5.78. The van der Waals surface area contributed by atoms with E-state index < -0.39 is 0 Å². The molecular weight excluding hydrogens is 236 g/mol. The number of likely N-dealkylation sites (N-methyl/N-ethyl adjacent to an activating group) is 2. The van der Waals surface area contributed by atoms with Crippen molar-refractivity contribution in [1.29, 1.82) is 0 Å². The van der Waals surface area contributed by atoms with Crippen LogP contribution < -0.4 is 10.2 Å². The Kier molecular flexibility index (Phi) is 4.30. The summed E-state index contributed by atoms with van der Waals surface area (Å²) in [6.07, 6.45) is 7.77. The summed E-state index contributed by atoms with van der Waals surface area (Å²) in [6, 6.07) is 2.18. The van der Waals surface area contributed by atoms with Crippen molar-refractivity contribution in [3.63, 3.8) is 0 Å². The molecule has 0 bridgehead atoms. The highest BCUT2D eigenvalue weighted by atomic mass is 15.2.